The number of benzene rings is 15. The zero-order chi connectivity index (χ0) is 56.9. The highest BCUT2D eigenvalue weighted by molar-refractivity contribution is 6.12. The van der Waals surface area contributed by atoms with Crippen molar-refractivity contribution in [1.82, 2.24) is 9.13 Å². The Balaban J connectivity index is 0.000000140. The Hall–Kier alpha value is -11.3. The van der Waals surface area contributed by atoms with Gasteiger partial charge in [-0.15, -0.1) is 0 Å². The van der Waals surface area contributed by atoms with Gasteiger partial charge >= 0.3 is 0 Å². The lowest BCUT2D eigenvalue weighted by molar-refractivity contribution is 1.18. The summed E-state index contributed by atoms with van der Waals surface area (Å²) in [7, 11) is 0. The number of nitrogens with zero attached hydrogens (tertiary/aromatic N) is 2. The maximum atomic E-state index is 2.39. The van der Waals surface area contributed by atoms with E-state index in [2.05, 4.69) is 349 Å². The first-order valence-electron chi connectivity index (χ1n) is 29.6. The summed E-state index contributed by atoms with van der Waals surface area (Å²) in [5, 5.41) is 12.7. The van der Waals surface area contributed by atoms with Gasteiger partial charge in [-0.25, -0.2) is 0 Å². The van der Waals surface area contributed by atoms with Crippen molar-refractivity contribution in [2.75, 3.05) is 0 Å². The van der Waals surface area contributed by atoms with Gasteiger partial charge in [0, 0.05) is 32.9 Å². The summed E-state index contributed by atoms with van der Waals surface area (Å²) in [6.07, 6.45) is 0. The molecule has 2 nitrogen and oxygen atoms in total. The smallest absolute Gasteiger partial charge is 0.0541 e. The highest BCUT2D eigenvalue weighted by Gasteiger charge is 2.17. The van der Waals surface area contributed by atoms with Gasteiger partial charge in [-0.1, -0.05) is 279 Å². The van der Waals surface area contributed by atoms with E-state index in [1.807, 2.05) is 0 Å². The van der Waals surface area contributed by atoms with Crippen molar-refractivity contribution in [3.05, 3.63) is 340 Å². The first kappa shape index (κ1) is 50.4. The number of hydrogen-bond acceptors (Lipinski definition) is 0. The zero-order valence-corrected chi connectivity index (χ0v) is 47.2. The van der Waals surface area contributed by atoms with Crippen LogP contribution in [0.1, 0.15) is 0 Å². The molecule has 0 amide bonds. The van der Waals surface area contributed by atoms with Gasteiger partial charge in [-0.05, 0) is 160 Å². The van der Waals surface area contributed by atoms with E-state index in [0.717, 1.165) is 5.69 Å². The summed E-state index contributed by atoms with van der Waals surface area (Å²) in [5.74, 6) is 0. The second-order valence-electron chi connectivity index (χ2n) is 22.4. The molecule has 0 fully saturated rings. The van der Waals surface area contributed by atoms with Crippen LogP contribution in [-0.2, 0) is 0 Å². The second-order valence-corrected chi connectivity index (χ2v) is 22.4. The van der Waals surface area contributed by atoms with E-state index in [0.29, 0.717) is 0 Å². The summed E-state index contributed by atoms with van der Waals surface area (Å²) < 4.78 is 4.79. The fourth-order valence-electron chi connectivity index (χ4n) is 13.2. The molecule has 0 atom stereocenters. The van der Waals surface area contributed by atoms with Gasteiger partial charge in [-0.3, -0.25) is 0 Å². The Kier molecular flexibility index (Phi) is 12.6. The van der Waals surface area contributed by atoms with Crippen LogP contribution >= 0.6 is 0 Å². The second kappa shape index (κ2) is 21.5. The minimum absolute atomic E-state index is 1.16. The van der Waals surface area contributed by atoms with Crippen LogP contribution in [0, 0.1) is 0 Å². The van der Waals surface area contributed by atoms with Crippen LogP contribution in [0.3, 0.4) is 0 Å². The molecule has 0 radical (unpaired) electrons. The molecule has 0 saturated carbocycles. The highest BCUT2D eigenvalue weighted by Crippen LogP contribution is 2.40. The number of hydrogen-bond donors (Lipinski definition) is 0. The van der Waals surface area contributed by atoms with Crippen molar-refractivity contribution in [2.45, 2.75) is 0 Å². The first-order chi connectivity index (χ1) is 42.6. The maximum absolute atomic E-state index is 2.39. The van der Waals surface area contributed by atoms with Crippen molar-refractivity contribution in [3.63, 3.8) is 0 Å². The number of para-hydroxylation sites is 2. The monoisotopic (exact) mass is 1090 g/mol. The summed E-state index contributed by atoms with van der Waals surface area (Å²) in [5.41, 5.74) is 22.0. The average molecular weight is 1090 g/mol. The zero-order valence-electron chi connectivity index (χ0n) is 47.2. The van der Waals surface area contributed by atoms with Gasteiger partial charge in [0.1, 0.15) is 0 Å². The molecule has 0 N–H and O–H groups in total. The van der Waals surface area contributed by atoms with Crippen LogP contribution < -0.4 is 0 Å². The maximum Gasteiger partial charge on any atom is 0.0541 e. The molecular weight excluding hydrogens is 1040 g/mol. The van der Waals surface area contributed by atoms with E-state index in [4.69, 9.17) is 0 Å². The molecule has 17 aromatic rings. The van der Waals surface area contributed by atoms with Gasteiger partial charge in [0.15, 0.2) is 0 Å². The Bertz CT molecular complexity index is 5360. The SMILES string of the molecule is c1ccc(-c2cccc(-n3c4ccccc4c4cc(-c5ccc(-c6cccc7ccccc67)cc5)ccc43)c2)cc1.c1ccc2c(-c3ccc(-c4ccc5c(c4)c4ccccc4n5-c4ccc(-c5cccc6ccccc56)cc4)cc3)cccc2c1. The van der Waals surface area contributed by atoms with Crippen molar-refractivity contribution < 1.29 is 0 Å². The molecule has 0 saturated heterocycles. The fourth-order valence-corrected chi connectivity index (χ4v) is 13.2. The third kappa shape index (κ3) is 9.00. The summed E-state index contributed by atoms with van der Waals surface area (Å²) in [6.45, 7) is 0. The molecule has 2 heteroatoms. The van der Waals surface area contributed by atoms with Gasteiger partial charge in [0.2, 0.25) is 0 Å². The van der Waals surface area contributed by atoms with Gasteiger partial charge < -0.3 is 9.13 Å². The van der Waals surface area contributed by atoms with E-state index in [9.17, 15) is 0 Å². The summed E-state index contributed by atoms with van der Waals surface area (Å²) >= 11 is 0. The topological polar surface area (TPSA) is 9.86 Å². The molecule has 0 aliphatic rings. The minimum atomic E-state index is 1.16. The summed E-state index contributed by atoms with van der Waals surface area (Å²) in [6, 6.07) is 123. The Morgan fingerprint density at radius 2 is 0.453 bits per heavy atom. The molecule has 0 spiro atoms. The van der Waals surface area contributed by atoms with Crippen LogP contribution in [0.4, 0.5) is 0 Å². The molecule has 17 rings (SSSR count). The quantitative estimate of drug-likeness (QED) is 0.144. The average Bonchev–Trinajstić information content (AvgIpc) is 1.94. The minimum Gasteiger partial charge on any atom is -0.309 e. The van der Waals surface area contributed by atoms with Crippen LogP contribution in [0.25, 0.3) is 154 Å². The molecular formula is C84H56N2. The van der Waals surface area contributed by atoms with Crippen LogP contribution in [-0.4, -0.2) is 9.13 Å². The molecule has 15 aromatic carbocycles. The van der Waals surface area contributed by atoms with Gasteiger partial charge in [0.05, 0.1) is 22.1 Å². The van der Waals surface area contributed by atoms with Crippen molar-refractivity contribution in [3.8, 4) is 78.1 Å². The molecule has 0 bridgehead atoms. The van der Waals surface area contributed by atoms with Crippen LogP contribution in [0.15, 0.2) is 340 Å². The van der Waals surface area contributed by atoms with Crippen LogP contribution in [0.2, 0.25) is 0 Å². The highest BCUT2D eigenvalue weighted by atomic mass is 15.0. The van der Waals surface area contributed by atoms with Gasteiger partial charge in [0.25, 0.3) is 0 Å². The van der Waals surface area contributed by atoms with Crippen molar-refractivity contribution in [2.24, 2.45) is 0 Å². The van der Waals surface area contributed by atoms with E-state index in [-0.39, 0.29) is 0 Å². The predicted molar refractivity (Wildman–Crippen MR) is 367 cm³/mol. The molecule has 2 heterocycles. The Morgan fingerprint density at radius 3 is 0.919 bits per heavy atom. The third-order valence-corrected chi connectivity index (χ3v) is 17.4. The lowest BCUT2D eigenvalue weighted by Gasteiger charge is -2.11. The molecule has 0 aliphatic heterocycles. The number of aromatic nitrogens is 2. The number of rotatable bonds is 8. The largest absolute Gasteiger partial charge is 0.309 e. The normalized spacial score (nSPS) is 11.5. The lowest BCUT2D eigenvalue weighted by Crippen LogP contribution is -1.94. The van der Waals surface area contributed by atoms with Crippen molar-refractivity contribution >= 4 is 75.9 Å². The van der Waals surface area contributed by atoms with Crippen LogP contribution in [0.5, 0.6) is 0 Å². The third-order valence-electron chi connectivity index (χ3n) is 17.4. The van der Waals surface area contributed by atoms with Gasteiger partial charge in [-0.2, -0.15) is 0 Å². The lowest BCUT2D eigenvalue weighted by atomic mass is 9.96. The molecule has 0 aliphatic carbocycles. The molecule has 402 valence electrons. The Labute approximate surface area is 500 Å². The molecule has 2 aromatic heterocycles. The molecule has 86 heavy (non-hydrogen) atoms. The Morgan fingerprint density at radius 1 is 0.151 bits per heavy atom. The van der Waals surface area contributed by atoms with E-state index in [1.165, 1.54) is 148 Å². The fraction of sp³-hybridized carbons (Fsp3) is 0. The van der Waals surface area contributed by atoms with Crippen molar-refractivity contribution in [1.29, 1.82) is 0 Å². The first-order valence-corrected chi connectivity index (χ1v) is 29.6. The van der Waals surface area contributed by atoms with E-state index < -0.39 is 0 Å². The van der Waals surface area contributed by atoms with E-state index >= 15 is 0 Å². The number of fused-ring (bicyclic) bond motifs is 9. The van der Waals surface area contributed by atoms with E-state index in [1.54, 1.807) is 0 Å². The predicted octanol–water partition coefficient (Wildman–Crippen LogP) is 23.0. The summed E-state index contributed by atoms with van der Waals surface area (Å²) in [4.78, 5) is 0. The standard InChI is InChI=1S/C44H29N.C40H27N/c1-3-13-37-31(9-1)11-7-16-39(37)33-21-19-30(20-22-33)35-25-28-44-42(29-35)41-15-5-6-18-43(41)45(44)36-26-23-34(24-27-36)40-17-8-12-32-10-2-4-14-38(32)40;1-2-10-28(11-3-1)32-14-8-15-34(26-32)41-39-19-7-6-17-37(39)38-27-33(24-25-40(38)41)29-20-22-31(23-21-29)36-18-9-13-30-12-4-5-16-35(30)36/h1-29H;1-27H. The molecule has 0 unspecified atom stereocenters.